The molecule has 6 nitrogen and oxygen atoms in total. The molecule has 0 unspecified atom stereocenters. The number of nitrogens with zero attached hydrogens (tertiary/aromatic N) is 4. The number of hydrogen-bond donors (Lipinski definition) is 0. The first-order valence-corrected chi connectivity index (χ1v) is 9.64. The smallest absolute Gasteiger partial charge is 0.259 e. The average Bonchev–Trinajstić information content (AvgIpc) is 3.29. The van der Waals surface area contributed by atoms with Crippen LogP contribution in [0.4, 0.5) is 0 Å². The van der Waals surface area contributed by atoms with Gasteiger partial charge >= 0.3 is 0 Å². The van der Waals surface area contributed by atoms with Crippen molar-refractivity contribution in [1.82, 2.24) is 19.5 Å². The van der Waals surface area contributed by atoms with Crippen LogP contribution in [0, 0.1) is 13.8 Å². The molecule has 0 N–H and O–H groups in total. The lowest BCUT2D eigenvalue weighted by molar-refractivity contribution is 0.0777. The van der Waals surface area contributed by atoms with Gasteiger partial charge in [0.15, 0.2) is 5.65 Å². The van der Waals surface area contributed by atoms with Crippen LogP contribution >= 0.6 is 15.9 Å². The van der Waals surface area contributed by atoms with E-state index in [1.165, 1.54) is 0 Å². The Balaban J connectivity index is 1.55. The van der Waals surface area contributed by atoms with Gasteiger partial charge in [-0.15, -0.1) is 0 Å². The van der Waals surface area contributed by atoms with E-state index in [0.717, 1.165) is 27.2 Å². The predicted molar refractivity (Wildman–Crippen MR) is 110 cm³/mol. The Labute approximate surface area is 170 Å². The first-order chi connectivity index (χ1) is 13.4. The van der Waals surface area contributed by atoms with Gasteiger partial charge in [0.25, 0.3) is 5.91 Å². The zero-order valence-electron chi connectivity index (χ0n) is 15.8. The van der Waals surface area contributed by atoms with Crippen LogP contribution in [0.5, 0.6) is 0 Å². The van der Waals surface area contributed by atoms with E-state index < -0.39 is 0 Å². The molecule has 0 atom stereocenters. The number of hydrogen-bond acceptors (Lipinski definition) is 4. The molecule has 4 rings (SSSR count). The maximum atomic E-state index is 12.9. The van der Waals surface area contributed by atoms with Crippen LogP contribution in [-0.2, 0) is 6.54 Å². The van der Waals surface area contributed by atoms with Gasteiger partial charge in [0.2, 0.25) is 0 Å². The van der Waals surface area contributed by atoms with Crippen molar-refractivity contribution in [3.05, 3.63) is 75.8 Å². The van der Waals surface area contributed by atoms with Gasteiger partial charge in [0.1, 0.15) is 17.1 Å². The summed E-state index contributed by atoms with van der Waals surface area (Å²) in [5.41, 5.74) is 3.83. The average molecular weight is 439 g/mol. The second-order valence-corrected chi connectivity index (χ2v) is 7.68. The molecule has 3 aromatic heterocycles. The number of aryl methyl sites for hydroxylation is 2. The van der Waals surface area contributed by atoms with E-state index in [1.807, 2.05) is 56.3 Å². The summed E-state index contributed by atoms with van der Waals surface area (Å²) in [7, 11) is 1.75. The monoisotopic (exact) mass is 438 g/mol. The molecular formula is C21H19BrN4O2. The summed E-state index contributed by atoms with van der Waals surface area (Å²) in [5.74, 6) is 1.34. The van der Waals surface area contributed by atoms with E-state index in [2.05, 4.69) is 26.0 Å². The molecule has 0 radical (unpaired) electrons. The van der Waals surface area contributed by atoms with E-state index in [-0.39, 0.29) is 5.91 Å². The van der Waals surface area contributed by atoms with Gasteiger partial charge in [-0.05, 0) is 44.2 Å². The highest BCUT2D eigenvalue weighted by Crippen LogP contribution is 2.25. The number of amides is 1. The molecule has 1 aromatic carbocycles. The number of carbonyl (C=O) groups is 1. The summed E-state index contributed by atoms with van der Waals surface area (Å²) in [6, 6.07) is 13.6. The van der Waals surface area contributed by atoms with E-state index in [1.54, 1.807) is 22.7 Å². The maximum Gasteiger partial charge on any atom is 0.259 e. The van der Waals surface area contributed by atoms with Crippen molar-refractivity contribution < 1.29 is 9.21 Å². The van der Waals surface area contributed by atoms with Crippen molar-refractivity contribution in [3.63, 3.8) is 0 Å². The molecular weight excluding hydrogens is 420 g/mol. The Morgan fingerprint density at radius 2 is 1.93 bits per heavy atom. The van der Waals surface area contributed by atoms with Crippen molar-refractivity contribution in [1.29, 1.82) is 0 Å². The highest BCUT2D eigenvalue weighted by atomic mass is 79.9. The summed E-state index contributed by atoms with van der Waals surface area (Å²) in [6.07, 6.45) is 1.57. The minimum Gasteiger partial charge on any atom is -0.459 e. The third kappa shape index (κ3) is 3.45. The molecule has 0 aliphatic rings. The lowest BCUT2D eigenvalue weighted by Crippen LogP contribution is -2.26. The topological polar surface area (TPSA) is 63.6 Å². The van der Waals surface area contributed by atoms with Gasteiger partial charge in [-0.25, -0.2) is 9.50 Å². The van der Waals surface area contributed by atoms with E-state index in [9.17, 15) is 4.79 Å². The summed E-state index contributed by atoms with van der Waals surface area (Å²) >= 11 is 3.43. The standard InChI is InChI=1S/C21H19BrN4O2/c1-13-10-14(2)26-20(24-13)18(11-23-26)21(27)25(3)12-17-8-9-19(28-17)15-4-6-16(22)7-5-15/h4-11H,12H2,1-3H3. The largest absolute Gasteiger partial charge is 0.459 e. The van der Waals surface area contributed by atoms with E-state index in [0.29, 0.717) is 23.5 Å². The van der Waals surface area contributed by atoms with Crippen LogP contribution in [0.3, 0.4) is 0 Å². The molecule has 0 saturated carbocycles. The van der Waals surface area contributed by atoms with Crippen molar-refractivity contribution in [2.45, 2.75) is 20.4 Å². The van der Waals surface area contributed by atoms with Crippen LogP contribution in [0.25, 0.3) is 17.0 Å². The van der Waals surface area contributed by atoms with Crippen LogP contribution in [0.15, 0.2) is 57.6 Å². The van der Waals surface area contributed by atoms with Gasteiger partial charge in [-0.1, -0.05) is 28.1 Å². The maximum absolute atomic E-state index is 12.9. The number of furan rings is 1. The van der Waals surface area contributed by atoms with E-state index in [4.69, 9.17) is 4.42 Å². The first kappa shape index (κ1) is 18.4. The fraction of sp³-hybridized carbons (Fsp3) is 0.190. The molecule has 3 heterocycles. The lowest BCUT2D eigenvalue weighted by atomic mass is 10.2. The zero-order chi connectivity index (χ0) is 19.8. The third-order valence-electron chi connectivity index (χ3n) is 4.54. The zero-order valence-corrected chi connectivity index (χ0v) is 17.4. The molecule has 0 aliphatic carbocycles. The molecule has 0 saturated heterocycles. The molecule has 1 amide bonds. The lowest BCUT2D eigenvalue weighted by Gasteiger charge is -2.15. The summed E-state index contributed by atoms with van der Waals surface area (Å²) in [5, 5.41) is 4.30. The Morgan fingerprint density at radius 1 is 1.18 bits per heavy atom. The Kier molecular flexibility index (Phi) is 4.77. The Morgan fingerprint density at radius 3 is 2.68 bits per heavy atom. The number of rotatable bonds is 4. The SMILES string of the molecule is Cc1cc(C)n2ncc(C(=O)N(C)Cc3ccc(-c4ccc(Br)cc4)o3)c2n1. The second-order valence-electron chi connectivity index (χ2n) is 6.77. The number of carbonyl (C=O) groups excluding carboxylic acids is 1. The van der Waals surface area contributed by atoms with Crippen molar-refractivity contribution in [3.8, 4) is 11.3 Å². The number of fused-ring (bicyclic) bond motifs is 1. The van der Waals surface area contributed by atoms with Crippen molar-refractivity contribution in [2.24, 2.45) is 0 Å². The quantitative estimate of drug-likeness (QED) is 0.465. The molecule has 0 spiro atoms. The fourth-order valence-electron chi connectivity index (χ4n) is 3.16. The van der Waals surface area contributed by atoms with Gasteiger partial charge in [0, 0.05) is 28.5 Å². The van der Waals surface area contributed by atoms with Crippen LogP contribution < -0.4 is 0 Å². The molecule has 0 aliphatic heterocycles. The fourth-order valence-corrected chi connectivity index (χ4v) is 3.43. The minimum absolute atomic E-state index is 0.144. The Hall–Kier alpha value is -2.93. The summed E-state index contributed by atoms with van der Waals surface area (Å²) < 4.78 is 8.63. The molecule has 28 heavy (non-hydrogen) atoms. The van der Waals surface area contributed by atoms with Crippen molar-refractivity contribution in [2.75, 3.05) is 7.05 Å². The molecule has 7 heteroatoms. The minimum atomic E-state index is -0.144. The third-order valence-corrected chi connectivity index (χ3v) is 5.07. The first-order valence-electron chi connectivity index (χ1n) is 8.84. The molecule has 0 bridgehead atoms. The van der Waals surface area contributed by atoms with Crippen LogP contribution in [0.1, 0.15) is 27.5 Å². The summed E-state index contributed by atoms with van der Waals surface area (Å²) in [4.78, 5) is 19.0. The number of halogens is 1. The normalized spacial score (nSPS) is 11.1. The highest BCUT2D eigenvalue weighted by Gasteiger charge is 2.20. The van der Waals surface area contributed by atoms with E-state index >= 15 is 0 Å². The Bertz CT molecular complexity index is 1160. The molecule has 0 fully saturated rings. The van der Waals surface area contributed by atoms with Gasteiger partial charge < -0.3 is 9.32 Å². The van der Waals surface area contributed by atoms with Gasteiger partial charge in [-0.3, -0.25) is 4.79 Å². The highest BCUT2D eigenvalue weighted by molar-refractivity contribution is 9.10. The molecule has 142 valence electrons. The molecule has 4 aromatic rings. The number of aromatic nitrogens is 3. The van der Waals surface area contributed by atoms with Crippen LogP contribution in [0.2, 0.25) is 0 Å². The second kappa shape index (κ2) is 7.24. The number of benzene rings is 1. The van der Waals surface area contributed by atoms with Crippen LogP contribution in [-0.4, -0.2) is 32.5 Å². The predicted octanol–water partition coefficient (Wildman–Crippen LogP) is 4.64. The van der Waals surface area contributed by atoms with Gasteiger partial charge in [-0.2, -0.15) is 5.10 Å². The van der Waals surface area contributed by atoms with Gasteiger partial charge in [0.05, 0.1) is 12.7 Å². The summed E-state index contributed by atoms with van der Waals surface area (Å²) in [6.45, 7) is 4.21. The van der Waals surface area contributed by atoms with Crippen molar-refractivity contribution >= 4 is 27.5 Å².